The topological polar surface area (TPSA) is 214 Å². The number of carbonyl (C=O) groups excluding carboxylic acids is 4. The van der Waals surface area contributed by atoms with Crippen molar-refractivity contribution in [1.29, 1.82) is 0 Å². The second kappa shape index (κ2) is 15.6. The number of hydrogen-bond donors (Lipinski definition) is 7. The third-order valence-electron chi connectivity index (χ3n) is 5.70. The molecule has 4 atom stereocenters. The van der Waals surface area contributed by atoms with Crippen molar-refractivity contribution in [2.24, 2.45) is 23.3 Å². The molecule has 1 rings (SSSR count). The third-order valence-corrected chi connectivity index (χ3v) is 5.70. The highest BCUT2D eigenvalue weighted by atomic mass is 16.4. The predicted molar refractivity (Wildman–Crippen MR) is 141 cm³/mol. The predicted octanol–water partition coefficient (Wildman–Crippen LogP) is 0.159. The Labute approximate surface area is 222 Å². The lowest BCUT2D eigenvalue weighted by atomic mass is 10.00. The molecule has 0 spiro atoms. The van der Waals surface area contributed by atoms with E-state index in [0.717, 1.165) is 0 Å². The molecular formula is C26H41N5O7. The van der Waals surface area contributed by atoms with Gasteiger partial charge in [-0.05, 0) is 55.2 Å². The molecule has 9 N–H and O–H groups in total. The normalized spacial score (nSPS) is 14.3. The number of aliphatic carboxylic acids is 1. The smallest absolute Gasteiger partial charge is 0.326 e. The van der Waals surface area contributed by atoms with Crippen molar-refractivity contribution in [1.82, 2.24) is 16.0 Å². The Morgan fingerprint density at radius 1 is 0.789 bits per heavy atom. The lowest BCUT2D eigenvalue weighted by molar-refractivity contribution is -0.143. The summed E-state index contributed by atoms with van der Waals surface area (Å²) in [4.78, 5) is 61.9. The molecular weight excluding hydrogens is 494 g/mol. The van der Waals surface area contributed by atoms with Gasteiger partial charge < -0.3 is 37.6 Å². The summed E-state index contributed by atoms with van der Waals surface area (Å²) in [5.74, 6) is -3.91. The highest BCUT2D eigenvalue weighted by Crippen LogP contribution is 2.12. The van der Waals surface area contributed by atoms with Crippen LogP contribution in [-0.4, -0.2) is 64.0 Å². The van der Waals surface area contributed by atoms with E-state index in [-0.39, 0.29) is 49.7 Å². The SMILES string of the molecule is CC(C)CC(NC(=O)C(CCC(N)=O)NC(=O)C(CC(C)C)NC(=O)C(N)Cc1ccc(O)cc1)C(=O)O. The lowest BCUT2D eigenvalue weighted by Crippen LogP contribution is -2.57. The molecule has 0 saturated carbocycles. The molecule has 0 radical (unpaired) electrons. The first-order valence-electron chi connectivity index (χ1n) is 12.6. The van der Waals surface area contributed by atoms with E-state index in [4.69, 9.17) is 11.5 Å². The fourth-order valence-corrected chi connectivity index (χ4v) is 3.75. The third kappa shape index (κ3) is 12.0. The minimum atomic E-state index is -1.25. The van der Waals surface area contributed by atoms with Crippen LogP contribution in [0.3, 0.4) is 0 Å². The Hall–Kier alpha value is -3.67. The van der Waals surface area contributed by atoms with E-state index in [9.17, 15) is 34.2 Å². The summed E-state index contributed by atoms with van der Waals surface area (Å²) in [5.41, 5.74) is 12.0. The van der Waals surface area contributed by atoms with Crippen LogP contribution in [0.4, 0.5) is 0 Å². The molecule has 0 bridgehead atoms. The van der Waals surface area contributed by atoms with Crippen LogP contribution >= 0.6 is 0 Å². The Bertz CT molecular complexity index is 965. The number of carbonyl (C=O) groups is 5. The van der Waals surface area contributed by atoms with Gasteiger partial charge in [-0.2, -0.15) is 0 Å². The number of carboxylic acids is 1. The number of phenolic OH excluding ortho intramolecular Hbond substituents is 1. The number of rotatable bonds is 16. The summed E-state index contributed by atoms with van der Waals surface area (Å²) in [6.45, 7) is 7.31. The molecule has 1 aromatic carbocycles. The van der Waals surface area contributed by atoms with Crippen LogP contribution in [0.5, 0.6) is 5.75 Å². The minimum absolute atomic E-state index is 0.0142. The van der Waals surface area contributed by atoms with Crippen LogP contribution in [0.1, 0.15) is 58.9 Å². The Morgan fingerprint density at radius 3 is 1.76 bits per heavy atom. The largest absolute Gasteiger partial charge is 0.508 e. The quantitative estimate of drug-likeness (QED) is 0.154. The van der Waals surface area contributed by atoms with Crippen LogP contribution in [0.2, 0.25) is 0 Å². The van der Waals surface area contributed by atoms with E-state index in [1.54, 1.807) is 26.0 Å². The van der Waals surface area contributed by atoms with Gasteiger partial charge in [-0.15, -0.1) is 0 Å². The number of carboxylic acid groups (broad SMARTS) is 1. The zero-order valence-corrected chi connectivity index (χ0v) is 22.4. The second-order valence-electron chi connectivity index (χ2n) is 10.3. The highest BCUT2D eigenvalue weighted by Gasteiger charge is 2.31. The summed E-state index contributed by atoms with van der Waals surface area (Å²) in [6, 6.07) is 1.76. The van der Waals surface area contributed by atoms with E-state index in [1.807, 2.05) is 13.8 Å². The molecule has 4 amide bonds. The van der Waals surface area contributed by atoms with Gasteiger partial charge in [-0.25, -0.2) is 4.79 Å². The number of aromatic hydroxyl groups is 1. The maximum atomic E-state index is 13.2. The molecule has 0 aromatic heterocycles. The number of nitrogens with two attached hydrogens (primary N) is 2. The van der Waals surface area contributed by atoms with Crippen molar-refractivity contribution in [3.05, 3.63) is 29.8 Å². The maximum Gasteiger partial charge on any atom is 0.326 e. The van der Waals surface area contributed by atoms with Crippen molar-refractivity contribution in [2.45, 2.75) is 84.0 Å². The van der Waals surface area contributed by atoms with E-state index < -0.39 is 53.8 Å². The Kier molecular flexibility index (Phi) is 13.2. The van der Waals surface area contributed by atoms with Crippen molar-refractivity contribution in [3.63, 3.8) is 0 Å². The number of phenols is 1. The molecule has 212 valence electrons. The summed E-state index contributed by atoms with van der Waals surface area (Å²) < 4.78 is 0. The summed E-state index contributed by atoms with van der Waals surface area (Å²) in [5, 5.41) is 26.5. The van der Waals surface area contributed by atoms with Crippen LogP contribution in [0.25, 0.3) is 0 Å². The summed E-state index contributed by atoms with van der Waals surface area (Å²) >= 11 is 0. The first kappa shape index (κ1) is 32.4. The van der Waals surface area contributed by atoms with Gasteiger partial charge in [-0.3, -0.25) is 19.2 Å². The fraction of sp³-hybridized carbons (Fsp3) is 0.577. The Balaban J connectivity index is 3.00. The van der Waals surface area contributed by atoms with Gasteiger partial charge in [0, 0.05) is 6.42 Å². The fourth-order valence-electron chi connectivity index (χ4n) is 3.75. The van der Waals surface area contributed by atoms with E-state index in [0.29, 0.717) is 5.56 Å². The average molecular weight is 536 g/mol. The molecule has 38 heavy (non-hydrogen) atoms. The number of hydrogen-bond acceptors (Lipinski definition) is 7. The number of primary amides is 1. The maximum absolute atomic E-state index is 13.2. The zero-order chi connectivity index (χ0) is 29.0. The van der Waals surface area contributed by atoms with Gasteiger partial charge in [-0.1, -0.05) is 39.8 Å². The summed E-state index contributed by atoms with van der Waals surface area (Å²) in [6.07, 6.45) is 0.197. The molecule has 0 aliphatic rings. The molecule has 12 nitrogen and oxygen atoms in total. The molecule has 0 heterocycles. The summed E-state index contributed by atoms with van der Waals surface area (Å²) in [7, 11) is 0. The molecule has 4 unspecified atom stereocenters. The van der Waals surface area contributed by atoms with Gasteiger partial charge in [0.2, 0.25) is 23.6 Å². The monoisotopic (exact) mass is 535 g/mol. The van der Waals surface area contributed by atoms with Crippen LogP contribution in [0.15, 0.2) is 24.3 Å². The van der Waals surface area contributed by atoms with Gasteiger partial charge in [0.25, 0.3) is 0 Å². The minimum Gasteiger partial charge on any atom is -0.508 e. The molecule has 0 aliphatic carbocycles. The number of nitrogens with one attached hydrogen (secondary N) is 3. The van der Waals surface area contributed by atoms with E-state index in [2.05, 4.69) is 16.0 Å². The second-order valence-corrected chi connectivity index (χ2v) is 10.3. The van der Waals surface area contributed by atoms with Crippen LogP contribution in [0, 0.1) is 11.8 Å². The zero-order valence-electron chi connectivity index (χ0n) is 22.4. The first-order valence-corrected chi connectivity index (χ1v) is 12.6. The molecule has 0 saturated heterocycles. The van der Waals surface area contributed by atoms with Gasteiger partial charge in [0.05, 0.1) is 6.04 Å². The van der Waals surface area contributed by atoms with Crippen molar-refractivity contribution >= 4 is 29.6 Å². The molecule has 0 fully saturated rings. The first-order chi connectivity index (χ1) is 17.7. The van der Waals surface area contributed by atoms with Crippen molar-refractivity contribution < 1.29 is 34.2 Å². The lowest BCUT2D eigenvalue weighted by Gasteiger charge is -2.26. The number of benzene rings is 1. The molecule has 0 aliphatic heterocycles. The van der Waals surface area contributed by atoms with E-state index in [1.165, 1.54) is 12.1 Å². The van der Waals surface area contributed by atoms with Gasteiger partial charge >= 0.3 is 5.97 Å². The number of amides is 4. The van der Waals surface area contributed by atoms with Crippen LogP contribution in [-0.2, 0) is 30.4 Å². The molecule has 1 aromatic rings. The highest BCUT2D eigenvalue weighted by molar-refractivity contribution is 5.94. The van der Waals surface area contributed by atoms with E-state index >= 15 is 0 Å². The standard InChI is InChI=1S/C26H41N5O7/c1-14(2)11-20(30-23(34)18(27)13-16-5-7-17(32)8-6-16)25(36)29-19(9-10-22(28)33)24(35)31-21(26(37)38)12-15(3)4/h5-8,14-15,18-21,32H,9-13,27H2,1-4H3,(H2,28,33)(H,29,36)(H,30,34)(H,31,35)(H,37,38). The van der Waals surface area contributed by atoms with Gasteiger partial charge in [0.15, 0.2) is 0 Å². The van der Waals surface area contributed by atoms with Gasteiger partial charge in [0.1, 0.15) is 23.9 Å². The average Bonchev–Trinajstić information content (AvgIpc) is 2.81. The molecule has 12 heteroatoms. The van der Waals surface area contributed by atoms with Crippen molar-refractivity contribution in [3.8, 4) is 5.75 Å². The van der Waals surface area contributed by atoms with Crippen LogP contribution < -0.4 is 27.4 Å². The van der Waals surface area contributed by atoms with Crippen molar-refractivity contribution in [2.75, 3.05) is 0 Å². The Morgan fingerprint density at radius 2 is 1.26 bits per heavy atom.